The van der Waals surface area contributed by atoms with Gasteiger partial charge in [-0.25, -0.2) is 4.98 Å². The Labute approximate surface area is 121 Å². The normalized spacial score (nSPS) is 17.7. The zero-order valence-corrected chi connectivity index (χ0v) is 11.8. The molecular weight excluding hydrogens is 280 g/mol. The summed E-state index contributed by atoms with van der Waals surface area (Å²) in [5.74, 6) is 0.0693. The van der Waals surface area contributed by atoms with Gasteiger partial charge < -0.3 is 19.5 Å². The molecule has 0 radical (unpaired) electrons. The third kappa shape index (κ3) is 4.23. The number of anilines is 1. The van der Waals surface area contributed by atoms with Crippen molar-refractivity contribution in [2.75, 3.05) is 38.8 Å². The molecule has 1 saturated heterocycles. The molecule has 9 nitrogen and oxygen atoms in total. The molecule has 2 heterocycles. The molecule has 116 valence electrons. The summed E-state index contributed by atoms with van der Waals surface area (Å²) < 4.78 is 15.6. The van der Waals surface area contributed by atoms with Crippen LogP contribution in [0.4, 0.5) is 11.5 Å². The Balaban J connectivity index is 2.07. The standard InChI is InChI=1S/C12H18N4O5/c1-19-5-6-21-12-10(16(17)18)11(14-8-15-12)13-7-9-3-2-4-20-9/h8-9H,2-7H2,1H3,(H,13,14,15). The second kappa shape index (κ2) is 7.70. The highest BCUT2D eigenvalue weighted by Gasteiger charge is 2.25. The number of hydrogen-bond acceptors (Lipinski definition) is 8. The second-order valence-electron chi connectivity index (χ2n) is 4.49. The summed E-state index contributed by atoms with van der Waals surface area (Å²) in [5.41, 5.74) is -0.272. The highest BCUT2D eigenvalue weighted by Crippen LogP contribution is 2.30. The van der Waals surface area contributed by atoms with E-state index in [0.29, 0.717) is 13.2 Å². The summed E-state index contributed by atoms with van der Waals surface area (Å²) in [4.78, 5) is 18.4. The number of nitro groups is 1. The van der Waals surface area contributed by atoms with Crippen molar-refractivity contribution in [1.82, 2.24) is 9.97 Å². The third-order valence-electron chi connectivity index (χ3n) is 3.02. The second-order valence-corrected chi connectivity index (χ2v) is 4.49. The molecule has 1 aliphatic rings. The molecule has 2 rings (SSSR count). The maximum Gasteiger partial charge on any atom is 0.372 e. The lowest BCUT2D eigenvalue weighted by Gasteiger charge is -2.12. The fourth-order valence-electron chi connectivity index (χ4n) is 2.00. The fraction of sp³-hybridized carbons (Fsp3) is 0.667. The van der Waals surface area contributed by atoms with Crippen LogP contribution < -0.4 is 10.1 Å². The van der Waals surface area contributed by atoms with Gasteiger partial charge in [0.2, 0.25) is 5.82 Å². The Morgan fingerprint density at radius 2 is 2.38 bits per heavy atom. The Bertz CT molecular complexity index is 479. The predicted molar refractivity (Wildman–Crippen MR) is 73.5 cm³/mol. The van der Waals surface area contributed by atoms with Crippen molar-refractivity contribution < 1.29 is 19.1 Å². The molecule has 0 aliphatic carbocycles. The molecule has 21 heavy (non-hydrogen) atoms. The lowest BCUT2D eigenvalue weighted by atomic mass is 10.2. The zero-order chi connectivity index (χ0) is 15.1. The van der Waals surface area contributed by atoms with Gasteiger partial charge in [-0.15, -0.1) is 0 Å². The summed E-state index contributed by atoms with van der Waals surface area (Å²) >= 11 is 0. The largest absolute Gasteiger partial charge is 0.470 e. The van der Waals surface area contributed by atoms with Crippen LogP contribution in [-0.2, 0) is 9.47 Å². The van der Waals surface area contributed by atoms with Gasteiger partial charge in [-0.05, 0) is 12.8 Å². The summed E-state index contributed by atoms with van der Waals surface area (Å²) in [6.45, 7) is 1.69. The Hall–Kier alpha value is -2.00. The average Bonchev–Trinajstić information content (AvgIpc) is 2.98. The van der Waals surface area contributed by atoms with Crippen LogP contribution in [0.1, 0.15) is 12.8 Å². The van der Waals surface area contributed by atoms with Gasteiger partial charge in [-0.1, -0.05) is 0 Å². The number of nitrogens with zero attached hydrogens (tertiary/aromatic N) is 3. The van der Waals surface area contributed by atoms with Crippen LogP contribution in [0.3, 0.4) is 0 Å². The van der Waals surface area contributed by atoms with Crippen LogP contribution >= 0.6 is 0 Å². The lowest BCUT2D eigenvalue weighted by Crippen LogP contribution is -2.20. The maximum absolute atomic E-state index is 11.2. The molecular formula is C12H18N4O5. The van der Waals surface area contributed by atoms with Crippen molar-refractivity contribution in [2.45, 2.75) is 18.9 Å². The first-order valence-electron chi connectivity index (χ1n) is 6.69. The number of aromatic nitrogens is 2. The quantitative estimate of drug-likeness (QED) is 0.430. The molecule has 9 heteroatoms. The van der Waals surface area contributed by atoms with E-state index in [4.69, 9.17) is 14.2 Å². The van der Waals surface area contributed by atoms with Gasteiger partial charge in [0.15, 0.2) is 0 Å². The van der Waals surface area contributed by atoms with E-state index in [-0.39, 0.29) is 30.1 Å². The van der Waals surface area contributed by atoms with Gasteiger partial charge in [0.1, 0.15) is 12.9 Å². The number of ether oxygens (including phenoxy) is 3. The van der Waals surface area contributed by atoms with E-state index in [9.17, 15) is 10.1 Å². The van der Waals surface area contributed by atoms with Gasteiger partial charge in [-0.3, -0.25) is 10.1 Å². The molecule has 1 aromatic rings. The van der Waals surface area contributed by atoms with Gasteiger partial charge >= 0.3 is 5.69 Å². The van der Waals surface area contributed by atoms with Gasteiger partial charge in [0.05, 0.1) is 17.6 Å². The number of rotatable bonds is 8. The van der Waals surface area contributed by atoms with E-state index in [1.165, 1.54) is 13.4 Å². The van der Waals surface area contributed by atoms with Crippen molar-refractivity contribution in [3.8, 4) is 5.88 Å². The van der Waals surface area contributed by atoms with Gasteiger partial charge in [0.25, 0.3) is 5.88 Å². The Morgan fingerprint density at radius 3 is 3.05 bits per heavy atom. The molecule has 1 fully saturated rings. The van der Waals surface area contributed by atoms with Gasteiger partial charge in [-0.2, -0.15) is 4.98 Å². The zero-order valence-electron chi connectivity index (χ0n) is 11.8. The molecule has 0 amide bonds. The molecule has 0 spiro atoms. The SMILES string of the molecule is COCCOc1ncnc(NCC2CCCO2)c1[N+](=O)[O-]. The minimum Gasteiger partial charge on any atom is -0.470 e. The first-order valence-corrected chi connectivity index (χ1v) is 6.69. The average molecular weight is 298 g/mol. The first-order chi connectivity index (χ1) is 10.2. The van der Waals surface area contributed by atoms with E-state index in [2.05, 4.69) is 15.3 Å². The van der Waals surface area contributed by atoms with Crippen molar-refractivity contribution in [2.24, 2.45) is 0 Å². The van der Waals surface area contributed by atoms with Crippen LogP contribution in [-0.4, -0.2) is 54.5 Å². The minimum atomic E-state index is -0.556. The Kier molecular flexibility index (Phi) is 5.64. The minimum absolute atomic E-state index is 0.0532. The summed E-state index contributed by atoms with van der Waals surface area (Å²) in [5, 5.41) is 14.2. The monoisotopic (exact) mass is 298 g/mol. The third-order valence-corrected chi connectivity index (χ3v) is 3.02. The molecule has 1 aliphatic heterocycles. The molecule has 1 aromatic heterocycles. The van der Waals surface area contributed by atoms with Crippen LogP contribution in [0.15, 0.2) is 6.33 Å². The van der Waals surface area contributed by atoms with Crippen LogP contribution in [0, 0.1) is 10.1 Å². The smallest absolute Gasteiger partial charge is 0.372 e. The molecule has 0 saturated carbocycles. The molecule has 1 N–H and O–H groups in total. The van der Waals surface area contributed by atoms with Crippen LogP contribution in [0.2, 0.25) is 0 Å². The topological polar surface area (TPSA) is 109 Å². The van der Waals surface area contributed by atoms with E-state index in [1.54, 1.807) is 0 Å². The van der Waals surface area contributed by atoms with Gasteiger partial charge in [0, 0.05) is 20.3 Å². The number of nitrogens with one attached hydrogen (secondary N) is 1. The van der Waals surface area contributed by atoms with Crippen molar-refractivity contribution in [3.05, 3.63) is 16.4 Å². The van der Waals surface area contributed by atoms with E-state index < -0.39 is 4.92 Å². The fourth-order valence-corrected chi connectivity index (χ4v) is 2.00. The van der Waals surface area contributed by atoms with Crippen molar-refractivity contribution in [3.63, 3.8) is 0 Å². The highest BCUT2D eigenvalue weighted by molar-refractivity contribution is 5.61. The summed E-state index contributed by atoms with van der Waals surface area (Å²) in [7, 11) is 1.52. The van der Waals surface area contributed by atoms with Crippen LogP contribution in [0.5, 0.6) is 5.88 Å². The maximum atomic E-state index is 11.2. The predicted octanol–water partition coefficient (Wildman–Crippen LogP) is 1.00. The molecule has 0 aromatic carbocycles. The highest BCUT2D eigenvalue weighted by atomic mass is 16.6. The lowest BCUT2D eigenvalue weighted by molar-refractivity contribution is -0.385. The number of methoxy groups -OCH3 is 1. The van der Waals surface area contributed by atoms with E-state index in [1.807, 2.05) is 0 Å². The van der Waals surface area contributed by atoms with Crippen molar-refractivity contribution in [1.29, 1.82) is 0 Å². The molecule has 1 unspecified atom stereocenters. The first kappa shape index (κ1) is 15.4. The summed E-state index contributed by atoms with van der Waals surface area (Å²) in [6.07, 6.45) is 3.22. The van der Waals surface area contributed by atoms with E-state index in [0.717, 1.165) is 19.4 Å². The van der Waals surface area contributed by atoms with Crippen LogP contribution in [0.25, 0.3) is 0 Å². The molecule has 1 atom stereocenters. The van der Waals surface area contributed by atoms with E-state index >= 15 is 0 Å². The number of hydrogen-bond donors (Lipinski definition) is 1. The summed E-state index contributed by atoms with van der Waals surface area (Å²) in [6, 6.07) is 0. The molecule has 0 bridgehead atoms. The Morgan fingerprint density at radius 1 is 1.52 bits per heavy atom. The van der Waals surface area contributed by atoms with Crippen molar-refractivity contribution >= 4 is 11.5 Å².